The van der Waals surface area contributed by atoms with E-state index >= 15 is 0 Å². The van der Waals surface area contributed by atoms with Gasteiger partial charge in [-0.1, -0.05) is 44.2 Å². The van der Waals surface area contributed by atoms with Crippen LogP contribution < -0.4 is 15.4 Å². The quantitative estimate of drug-likeness (QED) is 0.559. The molecule has 0 saturated carbocycles. The minimum Gasteiger partial charge on any atom is -0.495 e. The van der Waals surface area contributed by atoms with E-state index in [2.05, 4.69) is 19.2 Å². The van der Waals surface area contributed by atoms with Crippen LogP contribution in [0, 0.1) is 16.0 Å². The smallest absolute Gasteiger partial charge is 0.279 e. The molecule has 7 heteroatoms. The van der Waals surface area contributed by atoms with Crippen LogP contribution in [0.3, 0.4) is 0 Å². The Hall–Kier alpha value is -2.93. The summed E-state index contributed by atoms with van der Waals surface area (Å²) in [5.41, 5.74) is 1.35. The number of methoxy groups -OCH3 is 1. The molecule has 2 aromatic rings. The van der Waals surface area contributed by atoms with Crippen LogP contribution >= 0.6 is 0 Å². The molecule has 3 N–H and O–H groups in total. The van der Waals surface area contributed by atoms with E-state index < -0.39 is 4.92 Å². The van der Waals surface area contributed by atoms with Crippen molar-refractivity contribution in [1.82, 2.24) is 0 Å². The van der Waals surface area contributed by atoms with E-state index in [1.165, 1.54) is 25.3 Å². The number of nitrogens with zero attached hydrogens (tertiary/aromatic N) is 1. The Balaban J connectivity index is 2.06. The lowest BCUT2D eigenvalue weighted by Gasteiger charge is -2.19. The Morgan fingerprint density at radius 3 is 2.50 bits per heavy atom. The summed E-state index contributed by atoms with van der Waals surface area (Å²) in [6, 6.07) is 14.3. The number of amides is 1. The van der Waals surface area contributed by atoms with Gasteiger partial charge in [-0.15, -0.1) is 0 Å². The normalized spacial score (nSPS) is 11.8. The summed E-state index contributed by atoms with van der Waals surface area (Å²) in [7, 11) is 1.45. The van der Waals surface area contributed by atoms with Gasteiger partial charge in [0.1, 0.15) is 11.8 Å². The number of rotatable bonds is 8. The van der Waals surface area contributed by atoms with Crippen molar-refractivity contribution in [2.45, 2.75) is 19.9 Å². The Morgan fingerprint density at radius 1 is 1.23 bits per heavy atom. The Labute approximate surface area is 152 Å². The molecule has 1 amide bonds. The highest BCUT2D eigenvalue weighted by atomic mass is 16.6. The summed E-state index contributed by atoms with van der Waals surface area (Å²) in [6.45, 7) is 4.41. The molecule has 0 aliphatic carbocycles. The van der Waals surface area contributed by atoms with Crippen LogP contribution in [-0.4, -0.2) is 24.5 Å². The van der Waals surface area contributed by atoms with Crippen molar-refractivity contribution in [1.29, 1.82) is 0 Å². The number of nitrogens with one attached hydrogen (secondary N) is 1. The Kier molecular flexibility index (Phi) is 6.68. The number of carbonyl (C=O) groups is 1. The summed E-state index contributed by atoms with van der Waals surface area (Å²) < 4.78 is 5.17. The molecule has 0 heterocycles. The summed E-state index contributed by atoms with van der Waals surface area (Å²) in [5.74, 6) is 0.482. The molecule has 0 saturated heterocycles. The number of non-ortho nitro benzene ring substituents is 1. The van der Waals surface area contributed by atoms with Crippen molar-refractivity contribution in [3.8, 4) is 5.75 Å². The average molecular weight is 358 g/mol. The molecular formula is C19H24N3O4+. The number of nitrogens with two attached hydrogens (primary N) is 1. The second kappa shape index (κ2) is 8.96. The number of nitro benzene ring substituents is 1. The number of carbonyl (C=O) groups excluding carboxylic acids is 1. The van der Waals surface area contributed by atoms with Gasteiger partial charge in [-0.2, -0.15) is 0 Å². The third-order valence-corrected chi connectivity index (χ3v) is 4.13. The molecule has 1 atom stereocenters. The van der Waals surface area contributed by atoms with E-state index in [1.807, 2.05) is 35.6 Å². The summed E-state index contributed by atoms with van der Waals surface area (Å²) in [6.07, 6.45) is 0. The SMILES string of the molecule is COc1ccc([N+](=O)[O-])cc1NC(=O)C[NH2+][C@H](c1ccccc1)C(C)C. The second-order valence-corrected chi connectivity index (χ2v) is 6.31. The predicted octanol–water partition coefficient (Wildman–Crippen LogP) is 2.50. The molecule has 0 aliphatic heterocycles. The monoisotopic (exact) mass is 358 g/mol. The van der Waals surface area contributed by atoms with Gasteiger partial charge >= 0.3 is 0 Å². The highest BCUT2D eigenvalue weighted by Gasteiger charge is 2.21. The van der Waals surface area contributed by atoms with E-state index in [9.17, 15) is 14.9 Å². The molecule has 7 nitrogen and oxygen atoms in total. The third-order valence-electron chi connectivity index (χ3n) is 4.13. The molecule has 0 aliphatic rings. The van der Waals surface area contributed by atoms with E-state index in [0.717, 1.165) is 5.56 Å². The fraction of sp³-hybridized carbons (Fsp3) is 0.316. The molecule has 0 fully saturated rings. The summed E-state index contributed by atoms with van der Waals surface area (Å²) >= 11 is 0. The first-order valence-electron chi connectivity index (χ1n) is 8.43. The van der Waals surface area contributed by atoms with Gasteiger partial charge in [-0.25, -0.2) is 0 Å². The van der Waals surface area contributed by atoms with Crippen molar-refractivity contribution in [2.75, 3.05) is 19.0 Å². The van der Waals surface area contributed by atoms with E-state index in [4.69, 9.17) is 4.74 Å². The number of hydrogen-bond acceptors (Lipinski definition) is 4. The highest BCUT2D eigenvalue weighted by Crippen LogP contribution is 2.28. The zero-order valence-corrected chi connectivity index (χ0v) is 15.1. The van der Waals surface area contributed by atoms with Crippen LogP contribution in [0.1, 0.15) is 25.5 Å². The molecule has 2 aromatic carbocycles. The predicted molar refractivity (Wildman–Crippen MR) is 99.1 cm³/mol. The number of quaternary nitrogens is 1. The minimum absolute atomic E-state index is 0.102. The lowest BCUT2D eigenvalue weighted by Crippen LogP contribution is -2.88. The number of benzene rings is 2. The van der Waals surface area contributed by atoms with Gasteiger partial charge in [0, 0.05) is 23.6 Å². The highest BCUT2D eigenvalue weighted by molar-refractivity contribution is 5.93. The van der Waals surface area contributed by atoms with Crippen molar-refractivity contribution < 1.29 is 19.8 Å². The molecule has 0 radical (unpaired) electrons. The first-order valence-corrected chi connectivity index (χ1v) is 8.43. The van der Waals surface area contributed by atoms with Gasteiger partial charge in [0.25, 0.3) is 11.6 Å². The first kappa shape index (κ1) is 19.4. The van der Waals surface area contributed by atoms with Gasteiger partial charge in [0.05, 0.1) is 17.7 Å². The summed E-state index contributed by atoms with van der Waals surface area (Å²) in [5, 5.41) is 15.6. The largest absolute Gasteiger partial charge is 0.495 e. The van der Waals surface area contributed by atoms with Crippen LogP contribution in [0.5, 0.6) is 5.75 Å². The lowest BCUT2D eigenvalue weighted by molar-refractivity contribution is -0.692. The fourth-order valence-electron chi connectivity index (χ4n) is 2.81. The van der Waals surface area contributed by atoms with Gasteiger partial charge in [0.2, 0.25) is 0 Å². The van der Waals surface area contributed by atoms with Crippen molar-refractivity contribution in [3.05, 3.63) is 64.2 Å². The van der Waals surface area contributed by atoms with Crippen LogP contribution in [-0.2, 0) is 4.79 Å². The molecule has 26 heavy (non-hydrogen) atoms. The number of hydrogen-bond donors (Lipinski definition) is 2. The van der Waals surface area contributed by atoms with Gasteiger partial charge in [0.15, 0.2) is 6.54 Å². The van der Waals surface area contributed by atoms with Crippen molar-refractivity contribution in [2.24, 2.45) is 5.92 Å². The van der Waals surface area contributed by atoms with Crippen LogP contribution in [0.4, 0.5) is 11.4 Å². The third kappa shape index (κ3) is 5.03. The van der Waals surface area contributed by atoms with Gasteiger partial charge < -0.3 is 15.4 Å². The lowest BCUT2D eigenvalue weighted by atomic mass is 9.96. The topological polar surface area (TPSA) is 98.1 Å². The standard InChI is InChI=1S/C19H23N3O4/c1-13(2)19(14-7-5-4-6-8-14)20-12-18(23)21-16-11-15(22(24)25)9-10-17(16)26-3/h4-11,13,19-20H,12H2,1-3H3,(H,21,23)/p+1/t19-/m0/s1. The van der Waals surface area contributed by atoms with E-state index in [-0.39, 0.29) is 24.2 Å². The van der Waals surface area contributed by atoms with Crippen LogP contribution in [0.25, 0.3) is 0 Å². The van der Waals surface area contributed by atoms with Crippen LogP contribution in [0.2, 0.25) is 0 Å². The molecule has 0 bridgehead atoms. The van der Waals surface area contributed by atoms with Gasteiger partial charge in [-0.3, -0.25) is 14.9 Å². The van der Waals surface area contributed by atoms with E-state index in [1.54, 1.807) is 0 Å². The molecule has 0 aromatic heterocycles. The van der Waals surface area contributed by atoms with Crippen molar-refractivity contribution in [3.63, 3.8) is 0 Å². The number of anilines is 1. The zero-order chi connectivity index (χ0) is 19.1. The maximum atomic E-state index is 12.4. The average Bonchev–Trinajstić information content (AvgIpc) is 2.62. The number of nitro groups is 1. The molecule has 138 valence electrons. The Morgan fingerprint density at radius 2 is 1.92 bits per heavy atom. The zero-order valence-electron chi connectivity index (χ0n) is 15.1. The maximum absolute atomic E-state index is 12.4. The molecular weight excluding hydrogens is 334 g/mol. The molecule has 2 rings (SSSR count). The van der Waals surface area contributed by atoms with Crippen molar-refractivity contribution >= 4 is 17.3 Å². The maximum Gasteiger partial charge on any atom is 0.279 e. The Bertz CT molecular complexity index is 763. The number of ether oxygens (including phenoxy) is 1. The first-order chi connectivity index (χ1) is 12.4. The van der Waals surface area contributed by atoms with Crippen LogP contribution in [0.15, 0.2) is 48.5 Å². The fourth-order valence-corrected chi connectivity index (χ4v) is 2.81. The molecule has 0 spiro atoms. The second-order valence-electron chi connectivity index (χ2n) is 6.31. The van der Waals surface area contributed by atoms with E-state index in [0.29, 0.717) is 17.4 Å². The summed E-state index contributed by atoms with van der Waals surface area (Å²) in [4.78, 5) is 22.8. The van der Waals surface area contributed by atoms with Gasteiger partial charge in [-0.05, 0) is 6.07 Å². The minimum atomic E-state index is -0.509. The molecule has 0 unspecified atom stereocenters.